The van der Waals surface area contributed by atoms with Crippen LogP contribution in [0.15, 0.2) is 121 Å². The molecule has 6 nitrogen and oxygen atoms in total. The van der Waals surface area contributed by atoms with Gasteiger partial charge in [-0.2, -0.15) is 0 Å². The van der Waals surface area contributed by atoms with Gasteiger partial charge in [-0.05, 0) is 38.7 Å². The molecule has 4 aromatic carbocycles. The molecule has 0 radical (unpaired) electrons. The number of hydrogen-bond donors (Lipinski definition) is 0. The average Bonchev–Trinajstić information content (AvgIpc) is 3.80. The van der Waals surface area contributed by atoms with Crippen molar-refractivity contribution in [2.45, 2.75) is 0 Å². The van der Waals surface area contributed by atoms with Crippen molar-refractivity contribution in [2.75, 3.05) is 0 Å². The maximum absolute atomic E-state index is 4.87. The molecule has 0 fully saturated rings. The van der Waals surface area contributed by atoms with E-state index in [1.165, 1.54) is 0 Å². The highest BCUT2D eigenvalue weighted by molar-refractivity contribution is 7.13. The number of hydrogen-bond acceptors (Lipinski definition) is 8. The second kappa shape index (κ2) is 10.3. The first-order valence-corrected chi connectivity index (χ1v) is 15.1. The van der Waals surface area contributed by atoms with Crippen LogP contribution in [-0.4, -0.2) is 29.9 Å². The van der Waals surface area contributed by atoms with E-state index < -0.39 is 0 Å². The van der Waals surface area contributed by atoms with E-state index in [0.717, 1.165) is 64.9 Å². The Morgan fingerprint density at radius 1 is 0.405 bits per heavy atom. The van der Waals surface area contributed by atoms with Crippen LogP contribution in [0.2, 0.25) is 0 Å². The molecule has 0 spiro atoms. The highest BCUT2D eigenvalue weighted by Crippen LogP contribution is 2.43. The van der Waals surface area contributed by atoms with Gasteiger partial charge >= 0.3 is 0 Å². The second-order valence-electron chi connectivity index (χ2n) is 9.69. The topological polar surface area (TPSA) is 77.3 Å². The molecular weight excluding hydrogens is 557 g/mol. The summed E-state index contributed by atoms with van der Waals surface area (Å²) in [5.74, 6) is 1.32. The van der Waals surface area contributed by atoms with Gasteiger partial charge in [-0.15, -0.1) is 22.7 Å². The number of aromatic nitrogens is 6. The summed E-state index contributed by atoms with van der Waals surface area (Å²) in [5, 5.41) is 9.88. The highest BCUT2D eigenvalue weighted by atomic mass is 32.1. The first kappa shape index (κ1) is 24.6. The Labute approximate surface area is 249 Å². The molecule has 0 N–H and O–H groups in total. The van der Waals surface area contributed by atoms with Crippen LogP contribution in [0.25, 0.3) is 76.6 Å². The van der Waals surface area contributed by atoms with E-state index in [-0.39, 0.29) is 0 Å². The minimum Gasteiger partial charge on any atom is -0.244 e. The lowest BCUT2D eigenvalue weighted by atomic mass is 9.89. The molecule has 0 atom stereocenters. The van der Waals surface area contributed by atoms with Crippen LogP contribution in [0.5, 0.6) is 0 Å². The maximum Gasteiger partial charge on any atom is 0.160 e. The van der Waals surface area contributed by atoms with Crippen LogP contribution in [0.4, 0.5) is 0 Å². The third-order valence-electron chi connectivity index (χ3n) is 7.24. The fraction of sp³-hybridized carbons (Fsp3) is 0. The van der Waals surface area contributed by atoms with Gasteiger partial charge in [0.05, 0.1) is 0 Å². The largest absolute Gasteiger partial charge is 0.244 e. The Morgan fingerprint density at radius 3 is 1.43 bits per heavy atom. The van der Waals surface area contributed by atoms with Gasteiger partial charge in [0.15, 0.2) is 11.6 Å². The normalized spacial score (nSPS) is 11.3. The Bertz CT molecular complexity index is 2160. The van der Waals surface area contributed by atoms with Gasteiger partial charge in [-0.25, -0.2) is 29.9 Å². The lowest BCUT2D eigenvalue weighted by molar-refractivity contribution is 1.18. The molecule has 198 valence electrons. The molecular formula is C34H20N6S2. The zero-order valence-corrected chi connectivity index (χ0v) is 23.7. The first-order chi connectivity index (χ1) is 20.8. The van der Waals surface area contributed by atoms with E-state index >= 15 is 0 Å². The van der Waals surface area contributed by atoms with Gasteiger partial charge in [0, 0.05) is 70.2 Å². The zero-order valence-electron chi connectivity index (χ0n) is 22.0. The van der Waals surface area contributed by atoms with Crippen LogP contribution < -0.4 is 0 Å². The molecule has 4 heterocycles. The minimum atomic E-state index is 0.660. The Balaban J connectivity index is 1.40. The summed E-state index contributed by atoms with van der Waals surface area (Å²) in [5.41, 5.74) is 6.02. The number of benzene rings is 4. The third-order valence-corrected chi connectivity index (χ3v) is 8.88. The number of nitrogens with zero attached hydrogens (tertiary/aromatic N) is 6. The maximum atomic E-state index is 4.87. The summed E-state index contributed by atoms with van der Waals surface area (Å²) < 4.78 is 0. The molecule has 0 bridgehead atoms. The predicted octanol–water partition coefficient (Wildman–Crippen LogP) is 8.82. The number of thiazole rings is 2. The second-order valence-corrected chi connectivity index (χ2v) is 11.5. The Hall–Kier alpha value is -5.18. The molecule has 8 aromatic rings. The summed E-state index contributed by atoms with van der Waals surface area (Å²) in [4.78, 5) is 28.3. The van der Waals surface area contributed by atoms with Crippen LogP contribution in [-0.2, 0) is 0 Å². The van der Waals surface area contributed by atoms with E-state index in [1.807, 2.05) is 41.6 Å². The third kappa shape index (κ3) is 4.25. The average molecular weight is 577 g/mol. The molecule has 0 amide bonds. The van der Waals surface area contributed by atoms with Crippen molar-refractivity contribution >= 4 is 44.2 Å². The van der Waals surface area contributed by atoms with Gasteiger partial charge in [0.2, 0.25) is 0 Å². The van der Waals surface area contributed by atoms with Crippen molar-refractivity contribution in [1.29, 1.82) is 0 Å². The van der Waals surface area contributed by atoms with Gasteiger partial charge in [0.1, 0.15) is 10.0 Å². The number of rotatable bonds is 5. The quantitative estimate of drug-likeness (QED) is 0.191. The summed E-state index contributed by atoms with van der Waals surface area (Å²) in [6.07, 6.45) is 11.0. The van der Waals surface area contributed by atoms with Gasteiger partial charge < -0.3 is 0 Å². The summed E-state index contributed by atoms with van der Waals surface area (Å²) in [6.45, 7) is 0. The van der Waals surface area contributed by atoms with Crippen molar-refractivity contribution < 1.29 is 0 Å². The van der Waals surface area contributed by atoms with Crippen LogP contribution in [0.3, 0.4) is 0 Å². The molecule has 0 unspecified atom stereocenters. The van der Waals surface area contributed by atoms with Crippen LogP contribution in [0, 0.1) is 0 Å². The Kier molecular flexibility index (Phi) is 6.05. The van der Waals surface area contributed by atoms with E-state index in [9.17, 15) is 0 Å². The van der Waals surface area contributed by atoms with Crippen LogP contribution >= 0.6 is 22.7 Å². The highest BCUT2D eigenvalue weighted by Gasteiger charge is 2.20. The molecule has 42 heavy (non-hydrogen) atoms. The van der Waals surface area contributed by atoms with E-state index in [1.54, 1.807) is 35.1 Å². The molecule has 0 saturated carbocycles. The molecule has 0 aliphatic heterocycles. The monoisotopic (exact) mass is 576 g/mol. The van der Waals surface area contributed by atoms with Crippen molar-refractivity contribution in [2.24, 2.45) is 0 Å². The summed E-state index contributed by atoms with van der Waals surface area (Å²) in [6, 6.07) is 25.3. The number of fused-ring (bicyclic) bond motifs is 2. The minimum absolute atomic E-state index is 0.660. The van der Waals surface area contributed by atoms with E-state index in [0.29, 0.717) is 11.6 Å². The standard InChI is InChI=1S/C34H20N6S2/c1-2-6-21(7-3-1)22-10-11-27-28(16-22)30(32-39-19-24(20-40-32)34-36-13-15-42-34)26-9-5-4-8-25(26)29(27)31-37-17-23(18-38-31)33-35-12-14-41-33/h1-20H. The lowest BCUT2D eigenvalue weighted by Crippen LogP contribution is -1.97. The van der Waals surface area contributed by atoms with Crippen molar-refractivity contribution in [3.8, 4) is 55.0 Å². The SMILES string of the molecule is c1ccc(-c2ccc3c(-c4ncc(-c5nccs5)cn4)c4ccccc4c(-c4ncc(-c5nccs5)cn4)c3c2)cc1. The van der Waals surface area contributed by atoms with Gasteiger partial charge in [0.25, 0.3) is 0 Å². The molecule has 0 aliphatic carbocycles. The van der Waals surface area contributed by atoms with Crippen molar-refractivity contribution in [3.05, 3.63) is 121 Å². The molecule has 4 aromatic heterocycles. The van der Waals surface area contributed by atoms with Crippen molar-refractivity contribution in [3.63, 3.8) is 0 Å². The van der Waals surface area contributed by atoms with E-state index in [4.69, 9.17) is 19.9 Å². The zero-order chi connectivity index (χ0) is 27.9. The smallest absolute Gasteiger partial charge is 0.160 e. The molecule has 8 rings (SSSR count). The fourth-order valence-electron chi connectivity index (χ4n) is 5.34. The fourth-order valence-corrected chi connectivity index (χ4v) is 6.57. The van der Waals surface area contributed by atoms with Gasteiger partial charge in [-0.1, -0.05) is 66.7 Å². The van der Waals surface area contributed by atoms with E-state index in [2.05, 4.69) is 76.7 Å². The van der Waals surface area contributed by atoms with Gasteiger partial charge in [-0.3, -0.25) is 0 Å². The summed E-state index contributed by atoms with van der Waals surface area (Å²) >= 11 is 3.15. The van der Waals surface area contributed by atoms with Crippen LogP contribution in [0.1, 0.15) is 0 Å². The first-order valence-electron chi connectivity index (χ1n) is 13.3. The predicted molar refractivity (Wildman–Crippen MR) is 171 cm³/mol. The molecule has 0 saturated heterocycles. The Morgan fingerprint density at radius 2 is 0.905 bits per heavy atom. The molecule has 0 aliphatic rings. The summed E-state index contributed by atoms with van der Waals surface area (Å²) in [7, 11) is 0. The molecule has 8 heteroatoms. The van der Waals surface area contributed by atoms with Crippen molar-refractivity contribution in [1.82, 2.24) is 29.9 Å². The lowest BCUT2D eigenvalue weighted by Gasteiger charge is -2.17.